The van der Waals surface area contributed by atoms with Gasteiger partial charge in [-0.2, -0.15) is 26.3 Å². The Morgan fingerprint density at radius 3 is 2.07 bits per heavy atom. The highest BCUT2D eigenvalue weighted by Gasteiger charge is 2.42. The molecule has 1 rings (SSSR count). The molecule has 2 nitrogen and oxygen atoms in total. The number of alkyl halides is 6. The van der Waals surface area contributed by atoms with Gasteiger partial charge in [-0.1, -0.05) is 0 Å². The third-order valence-electron chi connectivity index (χ3n) is 1.23. The van der Waals surface area contributed by atoms with Gasteiger partial charge in [0.2, 0.25) is 0 Å². The van der Waals surface area contributed by atoms with Gasteiger partial charge in [0.25, 0.3) is 5.78 Å². The van der Waals surface area contributed by atoms with E-state index in [2.05, 4.69) is 4.98 Å². The number of nitrogens with zero attached hydrogens (tertiary/aromatic N) is 1. The van der Waals surface area contributed by atoms with Crippen molar-refractivity contribution in [3.8, 4) is 0 Å². The lowest BCUT2D eigenvalue weighted by molar-refractivity contribution is -0.137. The van der Waals surface area contributed by atoms with Crippen molar-refractivity contribution in [2.75, 3.05) is 0 Å². The Morgan fingerprint density at radius 1 is 1.20 bits per heavy atom. The first-order valence-electron chi connectivity index (χ1n) is 3.27. The molecule has 0 N–H and O–H groups in total. The summed E-state index contributed by atoms with van der Waals surface area (Å²) in [5.74, 6) is -2.32. The summed E-state index contributed by atoms with van der Waals surface area (Å²) in [5, 5.41) is -1.48. The van der Waals surface area contributed by atoms with Gasteiger partial charge in [0.05, 0.1) is 0 Å². The van der Waals surface area contributed by atoms with Crippen LogP contribution in [0.15, 0.2) is 6.20 Å². The second-order valence-electron chi connectivity index (χ2n) is 2.35. The van der Waals surface area contributed by atoms with E-state index in [0.717, 1.165) is 0 Å². The zero-order valence-corrected chi connectivity index (χ0v) is 7.43. The van der Waals surface area contributed by atoms with Gasteiger partial charge in [0, 0.05) is 6.20 Å². The molecule has 15 heavy (non-hydrogen) atoms. The summed E-state index contributed by atoms with van der Waals surface area (Å²) in [6.07, 6.45) is -9.76. The van der Waals surface area contributed by atoms with Gasteiger partial charge in [-0.05, 0) is 0 Å². The van der Waals surface area contributed by atoms with Gasteiger partial charge in [0.1, 0.15) is 4.88 Å². The van der Waals surface area contributed by atoms with E-state index in [0.29, 0.717) is 0 Å². The third-order valence-corrected chi connectivity index (χ3v) is 2.27. The van der Waals surface area contributed by atoms with E-state index in [1.54, 1.807) is 0 Å². The molecule has 0 spiro atoms. The Morgan fingerprint density at radius 2 is 1.73 bits per heavy atom. The van der Waals surface area contributed by atoms with Gasteiger partial charge in [0.15, 0.2) is 5.01 Å². The molecule has 0 bridgehead atoms. The molecule has 0 aliphatic heterocycles. The molecule has 9 heteroatoms. The summed E-state index contributed by atoms with van der Waals surface area (Å²) in [6.45, 7) is 0. The molecule has 0 atom stereocenters. The highest BCUT2D eigenvalue weighted by atomic mass is 32.1. The van der Waals surface area contributed by atoms with Crippen LogP contribution in [0.4, 0.5) is 26.3 Å². The number of carbonyl (C=O) groups is 1. The van der Waals surface area contributed by atoms with Crippen molar-refractivity contribution < 1.29 is 31.1 Å². The fraction of sp³-hybridized carbons (Fsp3) is 0.333. The Bertz CT molecular complexity index is 378. The molecule has 1 heterocycles. The minimum atomic E-state index is -5.19. The number of aromatic nitrogens is 1. The van der Waals surface area contributed by atoms with E-state index in [1.165, 1.54) is 0 Å². The van der Waals surface area contributed by atoms with E-state index < -0.39 is 28.0 Å². The second-order valence-corrected chi connectivity index (χ2v) is 3.38. The topological polar surface area (TPSA) is 30.0 Å². The predicted molar refractivity (Wildman–Crippen MR) is 37.5 cm³/mol. The number of Topliss-reactive ketones (excluding diaryl/α,β-unsaturated/α-hetero) is 1. The van der Waals surface area contributed by atoms with Crippen LogP contribution >= 0.6 is 11.3 Å². The minimum Gasteiger partial charge on any atom is -0.283 e. The van der Waals surface area contributed by atoms with Crippen molar-refractivity contribution in [3.63, 3.8) is 0 Å². The van der Waals surface area contributed by atoms with Crippen molar-refractivity contribution in [3.05, 3.63) is 16.1 Å². The van der Waals surface area contributed by atoms with Crippen molar-refractivity contribution in [1.29, 1.82) is 0 Å². The fourth-order valence-corrected chi connectivity index (χ4v) is 1.39. The Hall–Kier alpha value is -1.12. The molecule has 0 aromatic carbocycles. The quantitative estimate of drug-likeness (QED) is 0.565. The van der Waals surface area contributed by atoms with E-state index in [4.69, 9.17) is 0 Å². The largest absolute Gasteiger partial charge is 0.455 e. The first-order valence-corrected chi connectivity index (χ1v) is 4.08. The molecular formula is C6HF6NOS. The van der Waals surface area contributed by atoms with Crippen LogP contribution in [0.2, 0.25) is 0 Å². The molecule has 1 aromatic rings. The Kier molecular flexibility index (Phi) is 2.77. The zero-order chi connectivity index (χ0) is 11.9. The lowest BCUT2D eigenvalue weighted by Crippen LogP contribution is -2.21. The van der Waals surface area contributed by atoms with Gasteiger partial charge >= 0.3 is 12.4 Å². The van der Waals surface area contributed by atoms with Crippen molar-refractivity contribution >= 4 is 17.1 Å². The number of ketones is 1. The number of halogens is 6. The average Bonchev–Trinajstić information content (AvgIpc) is 2.47. The summed E-state index contributed by atoms with van der Waals surface area (Å²) < 4.78 is 71.1. The number of rotatable bonds is 1. The highest BCUT2D eigenvalue weighted by molar-refractivity contribution is 7.13. The molecule has 0 saturated heterocycles. The second kappa shape index (κ2) is 3.47. The number of hydrogen-bond donors (Lipinski definition) is 0. The summed E-state index contributed by atoms with van der Waals surface area (Å²) in [5.41, 5.74) is 0. The maximum Gasteiger partial charge on any atom is 0.455 e. The van der Waals surface area contributed by atoms with Gasteiger partial charge < -0.3 is 0 Å². The molecule has 0 amide bonds. The normalized spacial score (nSPS) is 12.9. The van der Waals surface area contributed by atoms with Gasteiger partial charge in [-0.3, -0.25) is 4.79 Å². The van der Waals surface area contributed by atoms with E-state index >= 15 is 0 Å². The van der Waals surface area contributed by atoms with Crippen LogP contribution < -0.4 is 0 Å². The molecule has 0 fully saturated rings. The summed E-state index contributed by atoms with van der Waals surface area (Å²) in [4.78, 5) is 12.1. The van der Waals surface area contributed by atoms with Crippen LogP contribution in [0.25, 0.3) is 0 Å². The first-order chi connectivity index (χ1) is 6.62. The highest BCUT2D eigenvalue weighted by Crippen LogP contribution is 2.34. The Balaban J connectivity index is 3.01. The van der Waals surface area contributed by atoms with E-state index in [9.17, 15) is 31.1 Å². The molecule has 84 valence electrons. The number of carbonyl (C=O) groups excluding carboxylic acids is 1. The molecule has 0 radical (unpaired) electrons. The Labute approximate surface area is 82.5 Å². The van der Waals surface area contributed by atoms with Crippen LogP contribution in [0.5, 0.6) is 0 Å². The molecule has 0 unspecified atom stereocenters. The third kappa shape index (κ3) is 2.67. The predicted octanol–water partition coefficient (Wildman–Crippen LogP) is 2.91. The van der Waals surface area contributed by atoms with Gasteiger partial charge in [-0.25, -0.2) is 4.98 Å². The van der Waals surface area contributed by atoms with Crippen LogP contribution in [-0.2, 0) is 6.18 Å². The monoisotopic (exact) mass is 249 g/mol. The molecule has 1 aromatic heterocycles. The molecule has 0 aliphatic carbocycles. The summed E-state index contributed by atoms with van der Waals surface area (Å²) in [6, 6.07) is 0. The van der Waals surface area contributed by atoms with E-state index in [1.807, 2.05) is 0 Å². The van der Waals surface area contributed by atoms with Crippen molar-refractivity contribution in [2.45, 2.75) is 12.4 Å². The standard InChI is InChI=1S/C6HF6NOS/c7-5(8,9)3(14)2-1-13-4(15-2)6(10,11)12/h1H. The molecule has 0 aliphatic rings. The van der Waals surface area contributed by atoms with Gasteiger partial charge in [-0.15, -0.1) is 11.3 Å². The number of thiazole rings is 1. The smallest absolute Gasteiger partial charge is 0.283 e. The van der Waals surface area contributed by atoms with E-state index in [-0.39, 0.29) is 17.5 Å². The van der Waals surface area contributed by atoms with Crippen LogP contribution in [0.1, 0.15) is 14.7 Å². The minimum absolute atomic E-state index is 0.267. The maximum absolute atomic E-state index is 11.9. The van der Waals surface area contributed by atoms with Crippen LogP contribution in [-0.4, -0.2) is 16.9 Å². The fourth-order valence-electron chi connectivity index (χ4n) is 0.650. The zero-order valence-electron chi connectivity index (χ0n) is 6.61. The molecular weight excluding hydrogens is 248 g/mol. The summed E-state index contributed by atoms with van der Waals surface area (Å²) in [7, 11) is 0. The number of hydrogen-bond acceptors (Lipinski definition) is 3. The lowest BCUT2D eigenvalue weighted by atomic mass is 10.3. The first kappa shape index (κ1) is 12.0. The van der Waals surface area contributed by atoms with Crippen molar-refractivity contribution in [2.24, 2.45) is 0 Å². The lowest BCUT2D eigenvalue weighted by Gasteiger charge is -2.01. The SMILES string of the molecule is O=C(c1cnc(C(F)(F)F)s1)C(F)(F)F. The van der Waals surface area contributed by atoms with Crippen LogP contribution in [0.3, 0.4) is 0 Å². The van der Waals surface area contributed by atoms with Crippen LogP contribution in [0, 0.1) is 0 Å². The average molecular weight is 249 g/mol. The van der Waals surface area contributed by atoms with Crippen molar-refractivity contribution in [1.82, 2.24) is 4.98 Å². The molecule has 0 saturated carbocycles. The summed E-state index contributed by atoms with van der Waals surface area (Å²) >= 11 is -0.331. The maximum atomic E-state index is 11.9.